The quantitative estimate of drug-likeness (QED) is 0.433. The number of piperidine rings is 1. The third-order valence-electron chi connectivity index (χ3n) is 5.89. The number of nitrogens with one attached hydrogen (secondary N) is 1. The van der Waals surface area contributed by atoms with Crippen molar-refractivity contribution in [1.82, 2.24) is 19.4 Å². The van der Waals surface area contributed by atoms with Gasteiger partial charge in [-0.05, 0) is 49.2 Å². The summed E-state index contributed by atoms with van der Waals surface area (Å²) >= 11 is 7.52. The maximum absolute atomic E-state index is 12.7. The molecule has 0 saturated carbocycles. The van der Waals surface area contributed by atoms with Crippen LogP contribution in [-0.4, -0.2) is 38.4 Å². The van der Waals surface area contributed by atoms with Gasteiger partial charge in [-0.2, -0.15) is 0 Å². The van der Waals surface area contributed by atoms with E-state index in [1.54, 1.807) is 6.20 Å². The van der Waals surface area contributed by atoms with Gasteiger partial charge in [-0.15, -0.1) is 11.3 Å². The molecule has 5 rings (SSSR count). The molecule has 4 aromatic rings. The summed E-state index contributed by atoms with van der Waals surface area (Å²) in [5.41, 5.74) is 3.29. The average molecular weight is 466 g/mol. The molecule has 6 nitrogen and oxygen atoms in total. The van der Waals surface area contributed by atoms with Gasteiger partial charge in [0.05, 0.1) is 23.5 Å². The Kier molecular flexibility index (Phi) is 6.21. The lowest BCUT2D eigenvalue weighted by molar-refractivity contribution is -0.121. The van der Waals surface area contributed by atoms with E-state index in [-0.39, 0.29) is 11.8 Å². The van der Waals surface area contributed by atoms with E-state index in [9.17, 15) is 4.79 Å². The first-order valence-electron chi connectivity index (χ1n) is 10.8. The van der Waals surface area contributed by atoms with Gasteiger partial charge < -0.3 is 9.88 Å². The second kappa shape index (κ2) is 9.40. The third kappa shape index (κ3) is 4.70. The van der Waals surface area contributed by atoms with E-state index in [4.69, 9.17) is 16.6 Å². The molecule has 0 aliphatic carbocycles. The minimum Gasteiger partial charge on any atom is -0.322 e. The van der Waals surface area contributed by atoms with Gasteiger partial charge in [0.2, 0.25) is 5.91 Å². The van der Waals surface area contributed by atoms with Crippen LogP contribution in [-0.2, 0) is 17.9 Å². The molecule has 0 bridgehead atoms. The predicted molar refractivity (Wildman–Crippen MR) is 129 cm³/mol. The average Bonchev–Trinajstić information content (AvgIpc) is 3.44. The third-order valence-corrected chi connectivity index (χ3v) is 6.83. The number of fused-ring (bicyclic) bond motifs is 1. The molecule has 3 heterocycles. The van der Waals surface area contributed by atoms with Crippen LogP contribution in [0.1, 0.15) is 24.2 Å². The van der Waals surface area contributed by atoms with E-state index in [1.807, 2.05) is 29.6 Å². The highest BCUT2D eigenvalue weighted by Crippen LogP contribution is 2.24. The number of hydrogen-bond donors (Lipinski definition) is 1. The molecule has 1 amide bonds. The van der Waals surface area contributed by atoms with Gasteiger partial charge in [0, 0.05) is 29.7 Å². The number of nitrogens with zero attached hydrogens (tertiary/aromatic N) is 4. The molecule has 1 atom stereocenters. The topological polar surface area (TPSA) is 63.1 Å². The summed E-state index contributed by atoms with van der Waals surface area (Å²) in [6.07, 6.45) is 3.60. The fourth-order valence-electron chi connectivity index (χ4n) is 4.30. The Labute approximate surface area is 195 Å². The van der Waals surface area contributed by atoms with E-state index in [0.717, 1.165) is 54.4 Å². The van der Waals surface area contributed by atoms with Gasteiger partial charge in [-0.1, -0.05) is 35.9 Å². The minimum absolute atomic E-state index is 0.0401. The lowest BCUT2D eigenvalue weighted by Crippen LogP contribution is -2.40. The highest BCUT2D eigenvalue weighted by molar-refractivity contribution is 7.13. The Morgan fingerprint density at radius 2 is 2.00 bits per heavy atom. The van der Waals surface area contributed by atoms with E-state index >= 15 is 0 Å². The number of amides is 1. The SMILES string of the molecule is O=C(Nc1nccs1)[C@@H]1CCCN(Cc2nc3ccccc3n2Cc2ccc(Cl)cc2)C1. The Morgan fingerprint density at radius 1 is 1.16 bits per heavy atom. The normalized spacial score (nSPS) is 17.0. The maximum Gasteiger partial charge on any atom is 0.230 e. The first-order chi connectivity index (χ1) is 15.7. The van der Waals surface area contributed by atoms with Gasteiger partial charge in [-0.25, -0.2) is 9.97 Å². The van der Waals surface area contributed by atoms with Crippen LogP contribution < -0.4 is 5.32 Å². The van der Waals surface area contributed by atoms with Crippen LogP contribution in [0, 0.1) is 5.92 Å². The van der Waals surface area contributed by atoms with Crippen molar-refractivity contribution in [2.45, 2.75) is 25.9 Å². The number of carbonyl (C=O) groups is 1. The second-order valence-electron chi connectivity index (χ2n) is 8.13. The van der Waals surface area contributed by atoms with Gasteiger partial charge >= 0.3 is 0 Å². The zero-order valence-corrected chi connectivity index (χ0v) is 19.1. The molecule has 1 saturated heterocycles. The molecular formula is C24H24ClN5OS. The zero-order valence-electron chi connectivity index (χ0n) is 17.6. The van der Waals surface area contributed by atoms with Crippen molar-refractivity contribution in [2.24, 2.45) is 5.92 Å². The molecule has 1 aliphatic heterocycles. The van der Waals surface area contributed by atoms with Crippen molar-refractivity contribution in [2.75, 3.05) is 18.4 Å². The number of rotatable bonds is 6. The lowest BCUT2D eigenvalue weighted by Gasteiger charge is -2.31. The molecule has 0 radical (unpaired) electrons. The van der Waals surface area contributed by atoms with Crippen molar-refractivity contribution in [1.29, 1.82) is 0 Å². The van der Waals surface area contributed by atoms with Crippen molar-refractivity contribution in [3.8, 4) is 0 Å². The second-order valence-corrected chi connectivity index (χ2v) is 9.46. The largest absolute Gasteiger partial charge is 0.322 e. The highest BCUT2D eigenvalue weighted by Gasteiger charge is 2.27. The molecular weight excluding hydrogens is 442 g/mol. The molecule has 1 aliphatic rings. The number of imidazole rings is 1. The summed E-state index contributed by atoms with van der Waals surface area (Å²) in [7, 11) is 0. The van der Waals surface area contributed by atoms with Crippen LogP contribution in [0.4, 0.5) is 5.13 Å². The Hall–Kier alpha value is -2.74. The molecule has 164 valence electrons. The molecule has 8 heteroatoms. The molecule has 2 aromatic heterocycles. The van der Waals surface area contributed by atoms with E-state index < -0.39 is 0 Å². The fraction of sp³-hybridized carbons (Fsp3) is 0.292. The van der Waals surface area contributed by atoms with Crippen LogP contribution in [0.2, 0.25) is 5.02 Å². The van der Waals surface area contributed by atoms with Crippen LogP contribution in [0.3, 0.4) is 0 Å². The van der Waals surface area contributed by atoms with Gasteiger partial charge in [0.15, 0.2) is 5.13 Å². The summed E-state index contributed by atoms with van der Waals surface area (Å²) < 4.78 is 2.28. The number of benzene rings is 2. The smallest absolute Gasteiger partial charge is 0.230 e. The number of para-hydroxylation sites is 2. The van der Waals surface area contributed by atoms with E-state index in [2.05, 4.69) is 44.0 Å². The van der Waals surface area contributed by atoms with E-state index in [1.165, 1.54) is 16.9 Å². The van der Waals surface area contributed by atoms with Crippen LogP contribution in [0.5, 0.6) is 0 Å². The number of halogens is 1. The fourth-order valence-corrected chi connectivity index (χ4v) is 4.96. The number of hydrogen-bond acceptors (Lipinski definition) is 5. The number of thiazole rings is 1. The van der Waals surface area contributed by atoms with Crippen molar-refractivity contribution >= 4 is 45.0 Å². The van der Waals surface area contributed by atoms with Crippen molar-refractivity contribution in [3.05, 3.63) is 76.5 Å². The van der Waals surface area contributed by atoms with Crippen molar-refractivity contribution < 1.29 is 4.79 Å². The van der Waals surface area contributed by atoms with Crippen LogP contribution in [0.15, 0.2) is 60.1 Å². The van der Waals surface area contributed by atoms with Crippen LogP contribution in [0.25, 0.3) is 11.0 Å². The lowest BCUT2D eigenvalue weighted by atomic mass is 9.97. The summed E-state index contributed by atoms with van der Waals surface area (Å²) in [5, 5.41) is 6.23. The molecule has 32 heavy (non-hydrogen) atoms. The zero-order chi connectivity index (χ0) is 21.9. The Balaban J connectivity index is 1.35. The molecule has 1 N–H and O–H groups in total. The summed E-state index contributed by atoms with van der Waals surface area (Å²) in [5.74, 6) is 1.03. The monoisotopic (exact) mass is 465 g/mol. The number of likely N-dealkylation sites (tertiary alicyclic amines) is 1. The standard InChI is InChI=1S/C24H24ClN5OS/c25-19-9-7-17(8-10-19)14-30-21-6-2-1-5-20(21)27-22(30)16-29-12-3-4-18(15-29)23(31)28-24-26-11-13-32-24/h1-2,5-11,13,18H,3-4,12,14-16H2,(H,26,28,31)/t18-/m1/s1. The van der Waals surface area contributed by atoms with Crippen LogP contribution >= 0.6 is 22.9 Å². The predicted octanol–water partition coefficient (Wildman–Crippen LogP) is 5.05. The summed E-state index contributed by atoms with van der Waals surface area (Å²) in [6, 6.07) is 16.2. The summed E-state index contributed by atoms with van der Waals surface area (Å²) in [4.78, 5) is 24.2. The van der Waals surface area contributed by atoms with E-state index in [0.29, 0.717) is 11.7 Å². The molecule has 2 aromatic carbocycles. The molecule has 0 spiro atoms. The number of carbonyl (C=O) groups excluding carboxylic acids is 1. The Bertz CT molecular complexity index is 1210. The van der Waals surface area contributed by atoms with Gasteiger partial charge in [0.1, 0.15) is 5.82 Å². The summed E-state index contributed by atoms with van der Waals surface area (Å²) in [6.45, 7) is 3.13. The van der Waals surface area contributed by atoms with Gasteiger partial charge in [0.25, 0.3) is 0 Å². The maximum atomic E-state index is 12.7. The van der Waals surface area contributed by atoms with Gasteiger partial charge in [-0.3, -0.25) is 9.69 Å². The first kappa shape index (κ1) is 21.1. The minimum atomic E-state index is -0.0401. The molecule has 0 unspecified atom stereocenters. The Morgan fingerprint density at radius 3 is 2.81 bits per heavy atom. The van der Waals surface area contributed by atoms with Crippen molar-refractivity contribution in [3.63, 3.8) is 0 Å². The number of aromatic nitrogens is 3. The first-order valence-corrected chi connectivity index (χ1v) is 12.0. The molecule has 1 fully saturated rings. The highest BCUT2D eigenvalue weighted by atomic mass is 35.5. The number of anilines is 1.